The number of rotatable bonds is 3. The van der Waals surface area contributed by atoms with E-state index < -0.39 is 5.82 Å². The Balaban J connectivity index is 1.92. The van der Waals surface area contributed by atoms with Crippen LogP contribution in [0.25, 0.3) is 0 Å². The number of nitrogens with zero attached hydrogens (tertiary/aromatic N) is 1. The maximum absolute atomic E-state index is 13.3. The van der Waals surface area contributed by atoms with Crippen LogP contribution in [0.4, 0.5) is 10.2 Å². The summed E-state index contributed by atoms with van der Waals surface area (Å²) in [5.74, 6) is 0.446. The smallest absolute Gasteiger partial charge is 0.166 e. The molecule has 82 valence electrons. The Kier molecular flexibility index (Phi) is 3.38. The van der Waals surface area contributed by atoms with E-state index in [0.29, 0.717) is 10.9 Å². The molecule has 0 aliphatic carbocycles. The van der Waals surface area contributed by atoms with Gasteiger partial charge in [0.1, 0.15) is 0 Å². The van der Waals surface area contributed by atoms with E-state index in [0.717, 1.165) is 26.1 Å². The first kappa shape index (κ1) is 10.6. The van der Waals surface area contributed by atoms with Gasteiger partial charge in [0.05, 0.1) is 5.02 Å². The van der Waals surface area contributed by atoms with Gasteiger partial charge < -0.3 is 10.6 Å². The maximum atomic E-state index is 13.3. The molecule has 2 rings (SSSR count). The fraction of sp³-hybridized carbons (Fsp3) is 0.500. The largest absolute Gasteiger partial charge is 0.367 e. The van der Waals surface area contributed by atoms with Crippen LogP contribution < -0.4 is 10.6 Å². The summed E-state index contributed by atoms with van der Waals surface area (Å²) in [6.45, 7) is 2.78. The Morgan fingerprint density at radius 3 is 3.20 bits per heavy atom. The van der Waals surface area contributed by atoms with Crippen molar-refractivity contribution in [3.63, 3.8) is 0 Å². The van der Waals surface area contributed by atoms with Crippen LogP contribution in [-0.2, 0) is 0 Å². The Labute approximate surface area is 93.0 Å². The van der Waals surface area contributed by atoms with E-state index in [9.17, 15) is 4.39 Å². The normalized spacial score (nSPS) is 20.5. The molecule has 0 bridgehead atoms. The topological polar surface area (TPSA) is 37.0 Å². The van der Waals surface area contributed by atoms with E-state index in [1.54, 1.807) is 0 Å². The van der Waals surface area contributed by atoms with Gasteiger partial charge in [-0.25, -0.2) is 9.37 Å². The molecule has 1 aliphatic heterocycles. The van der Waals surface area contributed by atoms with E-state index in [2.05, 4.69) is 15.6 Å². The van der Waals surface area contributed by atoms with Crippen molar-refractivity contribution < 1.29 is 4.39 Å². The van der Waals surface area contributed by atoms with Crippen molar-refractivity contribution in [2.75, 3.05) is 25.0 Å². The summed E-state index contributed by atoms with van der Waals surface area (Å²) in [6, 6.07) is 1.27. The molecule has 0 saturated carbocycles. The predicted octanol–water partition coefficient (Wildman–Crippen LogP) is 1.90. The average Bonchev–Trinajstić information content (AvgIpc) is 2.69. The number of halogens is 2. The van der Waals surface area contributed by atoms with E-state index in [1.165, 1.54) is 12.3 Å². The quantitative estimate of drug-likeness (QED) is 0.831. The summed E-state index contributed by atoms with van der Waals surface area (Å²) in [7, 11) is 0. The summed E-state index contributed by atoms with van der Waals surface area (Å²) in [4.78, 5) is 3.90. The van der Waals surface area contributed by atoms with Gasteiger partial charge in [-0.3, -0.25) is 0 Å². The number of pyridine rings is 1. The zero-order valence-electron chi connectivity index (χ0n) is 8.26. The van der Waals surface area contributed by atoms with Gasteiger partial charge in [0.2, 0.25) is 0 Å². The third-order valence-corrected chi connectivity index (χ3v) is 2.74. The first-order valence-corrected chi connectivity index (χ1v) is 5.39. The summed E-state index contributed by atoms with van der Waals surface area (Å²) < 4.78 is 13.3. The van der Waals surface area contributed by atoms with Crippen LogP contribution in [0.2, 0.25) is 5.02 Å². The molecule has 0 aromatic carbocycles. The lowest BCUT2D eigenvalue weighted by Crippen LogP contribution is -2.18. The summed E-state index contributed by atoms with van der Waals surface area (Å²) in [5.41, 5.74) is 0. The minimum atomic E-state index is -0.395. The third kappa shape index (κ3) is 2.79. The van der Waals surface area contributed by atoms with Gasteiger partial charge >= 0.3 is 0 Å². The molecule has 1 aliphatic rings. The van der Waals surface area contributed by atoms with E-state index in [4.69, 9.17) is 11.6 Å². The van der Waals surface area contributed by atoms with Crippen LogP contribution >= 0.6 is 11.6 Å². The monoisotopic (exact) mass is 229 g/mol. The number of anilines is 1. The first-order chi connectivity index (χ1) is 7.25. The predicted molar refractivity (Wildman–Crippen MR) is 58.7 cm³/mol. The number of aromatic nitrogens is 1. The fourth-order valence-electron chi connectivity index (χ4n) is 1.67. The van der Waals surface area contributed by atoms with E-state index in [-0.39, 0.29) is 5.82 Å². The van der Waals surface area contributed by atoms with Crippen molar-refractivity contribution in [3.8, 4) is 0 Å². The highest BCUT2D eigenvalue weighted by molar-refractivity contribution is 6.30. The lowest BCUT2D eigenvalue weighted by molar-refractivity contribution is 0.597. The highest BCUT2D eigenvalue weighted by Crippen LogP contribution is 2.16. The van der Waals surface area contributed by atoms with Crippen molar-refractivity contribution in [1.29, 1.82) is 0 Å². The van der Waals surface area contributed by atoms with Crippen LogP contribution in [0.1, 0.15) is 6.42 Å². The molecule has 1 aromatic rings. The minimum absolute atomic E-state index is 0.284. The molecule has 1 aromatic heterocycles. The van der Waals surface area contributed by atoms with Crippen molar-refractivity contribution in [2.24, 2.45) is 5.92 Å². The second kappa shape index (κ2) is 4.77. The lowest BCUT2D eigenvalue weighted by Gasteiger charge is -2.10. The third-order valence-electron chi connectivity index (χ3n) is 2.53. The number of hydrogen-bond acceptors (Lipinski definition) is 3. The van der Waals surface area contributed by atoms with Gasteiger partial charge in [-0.1, -0.05) is 11.6 Å². The Morgan fingerprint density at radius 1 is 1.67 bits per heavy atom. The van der Waals surface area contributed by atoms with Crippen LogP contribution in [0, 0.1) is 11.7 Å². The molecule has 3 nitrogen and oxygen atoms in total. The van der Waals surface area contributed by atoms with E-state index in [1.807, 2.05) is 0 Å². The van der Waals surface area contributed by atoms with Gasteiger partial charge in [-0.15, -0.1) is 0 Å². The van der Waals surface area contributed by atoms with Crippen LogP contribution in [0.5, 0.6) is 0 Å². The molecular weight excluding hydrogens is 217 g/mol. The van der Waals surface area contributed by atoms with E-state index >= 15 is 0 Å². The Hall–Kier alpha value is -0.870. The molecule has 2 heterocycles. The molecule has 0 spiro atoms. The minimum Gasteiger partial charge on any atom is -0.367 e. The van der Waals surface area contributed by atoms with Gasteiger partial charge in [0.15, 0.2) is 11.6 Å². The highest BCUT2D eigenvalue weighted by atomic mass is 35.5. The fourth-order valence-corrected chi connectivity index (χ4v) is 1.82. The zero-order chi connectivity index (χ0) is 10.7. The molecule has 1 fully saturated rings. The van der Waals surface area contributed by atoms with Crippen molar-refractivity contribution >= 4 is 17.4 Å². The van der Waals surface area contributed by atoms with Crippen molar-refractivity contribution in [1.82, 2.24) is 10.3 Å². The summed E-state index contributed by atoms with van der Waals surface area (Å²) in [5, 5.41) is 6.57. The van der Waals surface area contributed by atoms with Crippen molar-refractivity contribution in [2.45, 2.75) is 6.42 Å². The van der Waals surface area contributed by atoms with Gasteiger partial charge in [-0.2, -0.15) is 0 Å². The standard InChI is InChI=1S/C10H13ClFN3/c11-8-3-9(12)10(15-6-8)14-5-7-1-2-13-4-7/h3,6-7,13H,1-2,4-5H2,(H,14,15). The second-order valence-electron chi connectivity index (χ2n) is 3.72. The van der Waals surface area contributed by atoms with Gasteiger partial charge in [0.25, 0.3) is 0 Å². The SMILES string of the molecule is Fc1cc(Cl)cnc1NCC1CCNC1. The molecule has 1 atom stereocenters. The number of hydrogen-bond donors (Lipinski definition) is 2. The maximum Gasteiger partial charge on any atom is 0.166 e. The van der Waals surface area contributed by atoms with Crippen LogP contribution in [-0.4, -0.2) is 24.6 Å². The molecule has 0 radical (unpaired) electrons. The molecule has 1 saturated heterocycles. The molecule has 0 amide bonds. The Morgan fingerprint density at radius 2 is 2.53 bits per heavy atom. The summed E-state index contributed by atoms with van der Waals surface area (Å²) >= 11 is 5.60. The summed E-state index contributed by atoms with van der Waals surface area (Å²) in [6.07, 6.45) is 2.57. The molecule has 5 heteroatoms. The Bertz CT molecular complexity index is 339. The molecule has 15 heavy (non-hydrogen) atoms. The van der Waals surface area contributed by atoms with Gasteiger partial charge in [-0.05, 0) is 31.5 Å². The molecular formula is C10H13ClFN3. The van der Waals surface area contributed by atoms with Crippen LogP contribution in [0.15, 0.2) is 12.3 Å². The second-order valence-corrected chi connectivity index (χ2v) is 4.16. The highest BCUT2D eigenvalue weighted by Gasteiger charge is 2.14. The average molecular weight is 230 g/mol. The molecule has 2 N–H and O–H groups in total. The molecule has 1 unspecified atom stereocenters. The first-order valence-electron chi connectivity index (χ1n) is 5.01. The zero-order valence-corrected chi connectivity index (χ0v) is 9.02. The van der Waals surface area contributed by atoms with Crippen LogP contribution in [0.3, 0.4) is 0 Å². The number of nitrogens with one attached hydrogen (secondary N) is 2. The van der Waals surface area contributed by atoms with Crippen molar-refractivity contribution in [3.05, 3.63) is 23.1 Å². The lowest BCUT2D eigenvalue weighted by atomic mass is 10.1. The van der Waals surface area contributed by atoms with Gasteiger partial charge in [0, 0.05) is 12.7 Å².